The molecule has 0 fully saturated rings. The van der Waals surface area contributed by atoms with Gasteiger partial charge in [-0.1, -0.05) is 11.6 Å². The van der Waals surface area contributed by atoms with Gasteiger partial charge in [-0.3, -0.25) is 5.32 Å². The summed E-state index contributed by atoms with van der Waals surface area (Å²) in [4.78, 5) is 8.10. The van der Waals surface area contributed by atoms with Crippen LogP contribution in [-0.4, -0.2) is 15.1 Å². The maximum absolute atomic E-state index is 9.23. The molecular formula is C16H11ClN4O2. The van der Waals surface area contributed by atoms with Gasteiger partial charge in [0.15, 0.2) is 11.6 Å². The Kier molecular flexibility index (Phi) is 4.04. The Morgan fingerprint density at radius 2 is 1.96 bits per heavy atom. The number of aromatic hydroxyl groups is 1. The molecule has 2 heterocycles. The Morgan fingerprint density at radius 3 is 2.65 bits per heavy atom. The second-order valence-corrected chi connectivity index (χ2v) is 4.87. The molecule has 0 atom stereocenters. The summed E-state index contributed by atoms with van der Waals surface area (Å²) < 4.78 is 5.28. The first-order valence-corrected chi connectivity index (χ1v) is 6.94. The smallest absolute Gasteiger partial charge is 0.222 e. The van der Waals surface area contributed by atoms with Crippen LogP contribution in [0, 0.1) is 12.0 Å². The Balaban J connectivity index is 1.88. The van der Waals surface area contributed by atoms with Gasteiger partial charge >= 0.3 is 0 Å². The predicted molar refractivity (Wildman–Crippen MR) is 87.8 cm³/mol. The molecule has 2 aromatic heterocycles. The van der Waals surface area contributed by atoms with Crippen molar-refractivity contribution in [1.82, 2.24) is 9.97 Å². The van der Waals surface area contributed by atoms with E-state index in [9.17, 15) is 5.11 Å². The zero-order chi connectivity index (χ0) is 16.2. The minimum atomic E-state index is 0.0507. The van der Waals surface area contributed by atoms with Gasteiger partial charge in [0.05, 0.1) is 6.26 Å². The molecule has 6 nitrogen and oxygen atoms in total. The molecule has 3 rings (SSSR count). The van der Waals surface area contributed by atoms with Crippen molar-refractivity contribution in [2.75, 3.05) is 11.1 Å². The summed E-state index contributed by atoms with van der Waals surface area (Å²) in [6.45, 7) is 0. The summed E-state index contributed by atoms with van der Waals surface area (Å²) in [5, 5.41) is 12.3. The van der Waals surface area contributed by atoms with Gasteiger partial charge in [0.2, 0.25) is 5.95 Å². The lowest BCUT2D eigenvalue weighted by molar-refractivity contribution is 0.475. The Morgan fingerprint density at radius 1 is 1.17 bits per heavy atom. The van der Waals surface area contributed by atoms with Crippen LogP contribution in [0.25, 0.3) is 11.5 Å². The number of anilines is 2. The molecule has 0 aliphatic heterocycles. The molecule has 1 aromatic carbocycles. The highest BCUT2D eigenvalue weighted by molar-refractivity contribution is 6.35. The number of benzene rings is 1. The molecule has 0 aliphatic carbocycles. The van der Waals surface area contributed by atoms with E-state index in [-0.39, 0.29) is 22.5 Å². The van der Waals surface area contributed by atoms with Gasteiger partial charge in [0, 0.05) is 11.6 Å². The van der Waals surface area contributed by atoms with Crippen molar-refractivity contribution in [2.45, 2.75) is 0 Å². The summed E-state index contributed by atoms with van der Waals surface area (Å²) in [5.41, 5.74) is 6.80. The topological polar surface area (TPSA) is 97.2 Å². The van der Waals surface area contributed by atoms with Crippen LogP contribution < -0.4 is 11.1 Å². The van der Waals surface area contributed by atoms with Crippen LogP contribution in [-0.2, 0) is 0 Å². The number of phenolic OH excluding ortho intramolecular Hbond substituents is 1. The maximum atomic E-state index is 9.23. The quantitative estimate of drug-likeness (QED) is 0.494. The minimum Gasteiger partial charge on any atom is -0.508 e. The van der Waals surface area contributed by atoms with E-state index in [2.05, 4.69) is 27.2 Å². The van der Waals surface area contributed by atoms with Gasteiger partial charge in [-0.05, 0) is 42.3 Å². The molecule has 7 heteroatoms. The summed E-state index contributed by atoms with van der Waals surface area (Å²) in [6.07, 6.45) is 1.52. The normalized spacial score (nSPS) is 9.96. The number of furan rings is 1. The van der Waals surface area contributed by atoms with Crippen LogP contribution in [0.1, 0.15) is 5.56 Å². The average molecular weight is 327 g/mol. The molecule has 4 N–H and O–H groups in total. The first-order chi connectivity index (χ1) is 11.1. The SMILES string of the molecule is Nc1nc(NC#Cc2ccc(O)cc2)c(Cl)c(-c2ccco2)n1. The van der Waals surface area contributed by atoms with E-state index in [0.717, 1.165) is 5.56 Å². The lowest BCUT2D eigenvalue weighted by Crippen LogP contribution is -2.02. The average Bonchev–Trinajstić information content (AvgIpc) is 3.06. The van der Waals surface area contributed by atoms with Crippen molar-refractivity contribution in [3.63, 3.8) is 0 Å². The van der Waals surface area contributed by atoms with Gasteiger partial charge < -0.3 is 15.3 Å². The molecule has 0 aliphatic rings. The van der Waals surface area contributed by atoms with Gasteiger partial charge in [-0.15, -0.1) is 0 Å². The van der Waals surface area contributed by atoms with Crippen molar-refractivity contribution >= 4 is 23.4 Å². The van der Waals surface area contributed by atoms with Gasteiger partial charge in [-0.2, -0.15) is 4.98 Å². The highest BCUT2D eigenvalue weighted by Crippen LogP contribution is 2.31. The van der Waals surface area contributed by atoms with E-state index in [4.69, 9.17) is 21.8 Å². The fraction of sp³-hybridized carbons (Fsp3) is 0. The molecule has 0 unspecified atom stereocenters. The van der Waals surface area contributed by atoms with Gasteiger partial charge in [0.25, 0.3) is 0 Å². The summed E-state index contributed by atoms with van der Waals surface area (Å²) in [6, 6.07) is 12.7. The fourth-order valence-electron chi connectivity index (χ4n) is 1.83. The summed E-state index contributed by atoms with van der Waals surface area (Å²) in [5.74, 6) is 3.87. The predicted octanol–water partition coefficient (Wildman–Crippen LogP) is 3.10. The molecule has 114 valence electrons. The number of halogens is 1. The third-order valence-corrected chi connectivity index (χ3v) is 3.24. The Bertz CT molecular complexity index is 881. The van der Waals surface area contributed by atoms with E-state index < -0.39 is 0 Å². The van der Waals surface area contributed by atoms with Crippen LogP contribution in [0.3, 0.4) is 0 Å². The Labute approximate surface area is 136 Å². The van der Waals surface area contributed by atoms with E-state index in [0.29, 0.717) is 11.5 Å². The number of nitrogens with one attached hydrogen (secondary N) is 1. The van der Waals surface area contributed by atoms with Gasteiger partial charge in [0.1, 0.15) is 16.5 Å². The highest BCUT2D eigenvalue weighted by Gasteiger charge is 2.14. The molecular weight excluding hydrogens is 316 g/mol. The molecule has 0 amide bonds. The molecule has 0 bridgehead atoms. The van der Waals surface area contributed by atoms with Crippen LogP contribution >= 0.6 is 11.6 Å². The number of aromatic nitrogens is 2. The minimum absolute atomic E-state index is 0.0507. The molecule has 0 saturated heterocycles. The van der Waals surface area contributed by atoms with Crippen LogP contribution in [0.15, 0.2) is 47.1 Å². The van der Waals surface area contributed by atoms with Crippen LogP contribution in [0.4, 0.5) is 11.8 Å². The second-order valence-electron chi connectivity index (χ2n) is 4.49. The largest absolute Gasteiger partial charge is 0.508 e. The second kappa shape index (κ2) is 6.30. The number of nitrogens with zero attached hydrogens (tertiary/aromatic N) is 2. The number of phenols is 1. The summed E-state index contributed by atoms with van der Waals surface area (Å²) >= 11 is 6.27. The lowest BCUT2D eigenvalue weighted by Gasteiger charge is -2.06. The standard InChI is InChI=1S/C16H11ClN4O2/c17-13-14(12-2-1-9-23-12)20-16(18)21-15(13)19-8-7-10-3-5-11(22)6-4-10/h1-6,9,22H,(H3,18,19,20,21). The third kappa shape index (κ3) is 3.36. The first-order valence-electron chi connectivity index (χ1n) is 6.56. The molecule has 0 saturated carbocycles. The van der Waals surface area contributed by atoms with Gasteiger partial charge in [-0.25, -0.2) is 4.98 Å². The fourth-order valence-corrected chi connectivity index (χ4v) is 2.06. The van der Waals surface area contributed by atoms with E-state index in [1.165, 1.54) is 6.26 Å². The molecule has 0 radical (unpaired) electrons. The maximum Gasteiger partial charge on any atom is 0.222 e. The summed E-state index contributed by atoms with van der Waals surface area (Å²) in [7, 11) is 0. The number of nitrogen functional groups attached to an aromatic ring is 1. The first kappa shape index (κ1) is 14.8. The molecule has 3 aromatic rings. The lowest BCUT2D eigenvalue weighted by atomic mass is 10.2. The van der Waals surface area contributed by atoms with Crippen molar-refractivity contribution in [3.05, 3.63) is 53.2 Å². The van der Waals surface area contributed by atoms with E-state index >= 15 is 0 Å². The number of rotatable bonds is 2. The molecule has 0 spiro atoms. The van der Waals surface area contributed by atoms with Crippen molar-refractivity contribution < 1.29 is 9.52 Å². The van der Waals surface area contributed by atoms with E-state index in [1.807, 2.05) is 0 Å². The third-order valence-electron chi connectivity index (χ3n) is 2.88. The van der Waals surface area contributed by atoms with Crippen molar-refractivity contribution in [1.29, 1.82) is 0 Å². The zero-order valence-corrected chi connectivity index (χ0v) is 12.5. The monoisotopic (exact) mass is 326 g/mol. The number of hydrogen-bond donors (Lipinski definition) is 3. The highest BCUT2D eigenvalue weighted by atomic mass is 35.5. The Hall–Kier alpha value is -3.17. The van der Waals surface area contributed by atoms with Crippen molar-refractivity contribution in [2.24, 2.45) is 0 Å². The van der Waals surface area contributed by atoms with Crippen molar-refractivity contribution in [3.8, 4) is 29.2 Å². The van der Waals surface area contributed by atoms with Crippen LogP contribution in [0.2, 0.25) is 5.02 Å². The van der Waals surface area contributed by atoms with E-state index in [1.54, 1.807) is 36.4 Å². The van der Waals surface area contributed by atoms with Crippen LogP contribution in [0.5, 0.6) is 5.75 Å². The number of nitrogens with two attached hydrogens (primary N) is 1. The molecule has 23 heavy (non-hydrogen) atoms. The zero-order valence-electron chi connectivity index (χ0n) is 11.7. The number of hydrogen-bond acceptors (Lipinski definition) is 6.